The maximum atomic E-state index is 3.90. The van der Waals surface area contributed by atoms with Gasteiger partial charge in [0.2, 0.25) is 0 Å². The number of hydrogen-bond donors (Lipinski definition) is 0. The summed E-state index contributed by atoms with van der Waals surface area (Å²) in [6.07, 6.45) is 9.52. The predicted molar refractivity (Wildman–Crippen MR) is 66.4 cm³/mol. The quantitative estimate of drug-likeness (QED) is 0.416. The van der Waals surface area contributed by atoms with Crippen molar-refractivity contribution in [2.24, 2.45) is 0 Å². The molecule has 0 aromatic rings. The molecule has 0 spiro atoms. The molecule has 0 nitrogen and oxygen atoms in total. The molecule has 0 saturated carbocycles. The molecule has 0 amide bonds. The highest BCUT2D eigenvalue weighted by Crippen LogP contribution is 2.12. The smallest absolute Gasteiger partial charge is 0.0138 e. The van der Waals surface area contributed by atoms with Crippen molar-refractivity contribution in [1.29, 1.82) is 0 Å². The molecule has 0 bridgehead atoms. The van der Waals surface area contributed by atoms with Crippen LogP contribution in [-0.2, 0) is 0 Å². The molecule has 0 N–H and O–H groups in total. The van der Waals surface area contributed by atoms with Crippen LogP contribution < -0.4 is 0 Å². The van der Waals surface area contributed by atoms with Crippen LogP contribution in [0.2, 0.25) is 0 Å². The Kier molecular flexibility index (Phi) is 6.82. The summed E-state index contributed by atoms with van der Waals surface area (Å²) in [5.74, 6) is 0. The molecule has 0 rings (SSSR count). The predicted octanol–water partition coefficient (Wildman–Crippen LogP) is 4.81. The SMILES string of the molecule is C=C/C(=C\C(=C/CC(=C)C)CC)CC. The Labute approximate surface area is 88.7 Å². The standard InChI is InChI=1S/C14H22/c1-6-13(7-2)11-14(8-3)10-9-12(4)5/h6,10-11H,1,4,7-9H2,2-3,5H3/b13-11+,14-10-. The molecule has 0 atom stereocenters. The van der Waals surface area contributed by atoms with E-state index < -0.39 is 0 Å². The lowest BCUT2D eigenvalue weighted by Gasteiger charge is -2.01. The van der Waals surface area contributed by atoms with Crippen molar-refractivity contribution >= 4 is 0 Å². The molecule has 0 aromatic heterocycles. The minimum atomic E-state index is 0.980. The number of allylic oxidation sites excluding steroid dienone is 6. The molecular formula is C14H22. The van der Waals surface area contributed by atoms with Crippen LogP contribution in [0.4, 0.5) is 0 Å². The van der Waals surface area contributed by atoms with Gasteiger partial charge in [-0.15, -0.1) is 0 Å². The van der Waals surface area contributed by atoms with Gasteiger partial charge in [0.15, 0.2) is 0 Å². The molecular weight excluding hydrogens is 168 g/mol. The van der Waals surface area contributed by atoms with E-state index in [-0.39, 0.29) is 0 Å². The van der Waals surface area contributed by atoms with Crippen LogP contribution in [0.25, 0.3) is 0 Å². The zero-order valence-corrected chi connectivity index (χ0v) is 9.77. The van der Waals surface area contributed by atoms with Crippen LogP contribution in [0.5, 0.6) is 0 Å². The summed E-state index contributed by atoms with van der Waals surface area (Å²) >= 11 is 0. The molecule has 0 aliphatic rings. The fraction of sp³-hybridized carbons (Fsp3) is 0.429. The van der Waals surface area contributed by atoms with Crippen molar-refractivity contribution in [2.75, 3.05) is 0 Å². The first-order valence-corrected chi connectivity index (χ1v) is 5.30. The van der Waals surface area contributed by atoms with E-state index in [2.05, 4.69) is 46.1 Å². The minimum absolute atomic E-state index is 0.980. The van der Waals surface area contributed by atoms with E-state index in [1.807, 2.05) is 6.08 Å². The second kappa shape index (κ2) is 7.37. The van der Waals surface area contributed by atoms with Gasteiger partial charge in [-0.2, -0.15) is 0 Å². The number of hydrogen-bond acceptors (Lipinski definition) is 0. The van der Waals surface area contributed by atoms with E-state index in [4.69, 9.17) is 0 Å². The zero-order valence-electron chi connectivity index (χ0n) is 9.77. The minimum Gasteiger partial charge on any atom is -0.0998 e. The van der Waals surface area contributed by atoms with Crippen molar-refractivity contribution in [1.82, 2.24) is 0 Å². The van der Waals surface area contributed by atoms with Gasteiger partial charge in [0, 0.05) is 0 Å². The average Bonchev–Trinajstić information content (AvgIpc) is 2.18. The number of rotatable bonds is 6. The Morgan fingerprint density at radius 1 is 1.14 bits per heavy atom. The van der Waals surface area contributed by atoms with Gasteiger partial charge in [0.25, 0.3) is 0 Å². The largest absolute Gasteiger partial charge is 0.0998 e. The first-order chi connectivity index (χ1) is 6.63. The van der Waals surface area contributed by atoms with E-state index in [0.717, 1.165) is 19.3 Å². The van der Waals surface area contributed by atoms with Crippen LogP contribution in [-0.4, -0.2) is 0 Å². The molecule has 0 radical (unpaired) electrons. The van der Waals surface area contributed by atoms with Gasteiger partial charge in [-0.25, -0.2) is 0 Å². The Bertz CT molecular complexity index is 251. The summed E-state index contributed by atoms with van der Waals surface area (Å²) in [5, 5.41) is 0. The van der Waals surface area contributed by atoms with Gasteiger partial charge in [-0.3, -0.25) is 0 Å². The second-order valence-corrected chi connectivity index (χ2v) is 3.57. The fourth-order valence-electron chi connectivity index (χ4n) is 1.15. The van der Waals surface area contributed by atoms with E-state index >= 15 is 0 Å². The third-order valence-corrected chi connectivity index (χ3v) is 2.16. The molecule has 0 fully saturated rings. The van der Waals surface area contributed by atoms with Crippen LogP contribution in [0.3, 0.4) is 0 Å². The Morgan fingerprint density at radius 2 is 1.71 bits per heavy atom. The first kappa shape index (κ1) is 13.0. The topological polar surface area (TPSA) is 0 Å². The Hall–Kier alpha value is -1.04. The molecule has 0 heteroatoms. The van der Waals surface area contributed by atoms with E-state index in [1.54, 1.807) is 0 Å². The summed E-state index contributed by atoms with van der Waals surface area (Å²) in [7, 11) is 0. The van der Waals surface area contributed by atoms with Crippen LogP contribution in [0.1, 0.15) is 40.0 Å². The lowest BCUT2D eigenvalue weighted by atomic mass is 10.0. The van der Waals surface area contributed by atoms with Gasteiger partial charge in [0.05, 0.1) is 0 Å². The summed E-state index contributed by atoms with van der Waals surface area (Å²) in [4.78, 5) is 0. The molecule has 0 aromatic carbocycles. The first-order valence-electron chi connectivity index (χ1n) is 5.30. The highest BCUT2D eigenvalue weighted by molar-refractivity contribution is 5.29. The average molecular weight is 190 g/mol. The molecule has 0 unspecified atom stereocenters. The van der Waals surface area contributed by atoms with Crippen LogP contribution in [0.15, 0.2) is 48.1 Å². The van der Waals surface area contributed by atoms with Crippen molar-refractivity contribution in [3.05, 3.63) is 48.1 Å². The molecule has 0 saturated heterocycles. The fourth-order valence-corrected chi connectivity index (χ4v) is 1.15. The second-order valence-electron chi connectivity index (χ2n) is 3.57. The van der Waals surface area contributed by atoms with Crippen LogP contribution >= 0.6 is 0 Å². The molecule has 14 heavy (non-hydrogen) atoms. The summed E-state index contributed by atoms with van der Waals surface area (Å²) in [6.45, 7) is 14.1. The highest BCUT2D eigenvalue weighted by atomic mass is 14.0. The molecule has 78 valence electrons. The van der Waals surface area contributed by atoms with Crippen molar-refractivity contribution in [3.8, 4) is 0 Å². The molecule has 0 aliphatic carbocycles. The van der Waals surface area contributed by atoms with Gasteiger partial charge in [0.1, 0.15) is 0 Å². The normalized spacial score (nSPS) is 12.8. The maximum absolute atomic E-state index is 3.90. The molecule has 0 heterocycles. The van der Waals surface area contributed by atoms with E-state index in [0.29, 0.717) is 0 Å². The monoisotopic (exact) mass is 190 g/mol. The Morgan fingerprint density at radius 3 is 2.07 bits per heavy atom. The van der Waals surface area contributed by atoms with E-state index in [9.17, 15) is 0 Å². The molecule has 0 aliphatic heterocycles. The third-order valence-electron chi connectivity index (χ3n) is 2.16. The van der Waals surface area contributed by atoms with Crippen molar-refractivity contribution in [3.63, 3.8) is 0 Å². The van der Waals surface area contributed by atoms with Gasteiger partial charge >= 0.3 is 0 Å². The van der Waals surface area contributed by atoms with Crippen LogP contribution in [0, 0.1) is 0 Å². The third kappa shape index (κ3) is 5.58. The van der Waals surface area contributed by atoms with E-state index in [1.165, 1.54) is 16.7 Å². The summed E-state index contributed by atoms with van der Waals surface area (Å²) in [6, 6.07) is 0. The van der Waals surface area contributed by atoms with Gasteiger partial charge in [-0.05, 0) is 31.8 Å². The summed E-state index contributed by atoms with van der Waals surface area (Å²) in [5.41, 5.74) is 3.89. The lowest BCUT2D eigenvalue weighted by molar-refractivity contribution is 1.08. The van der Waals surface area contributed by atoms with Crippen molar-refractivity contribution < 1.29 is 0 Å². The highest BCUT2D eigenvalue weighted by Gasteiger charge is 1.92. The van der Waals surface area contributed by atoms with Crippen molar-refractivity contribution in [2.45, 2.75) is 40.0 Å². The Balaban J connectivity index is 4.55. The van der Waals surface area contributed by atoms with Gasteiger partial charge in [-0.1, -0.05) is 56.4 Å². The zero-order chi connectivity index (χ0) is 11.0. The lowest BCUT2D eigenvalue weighted by Crippen LogP contribution is -1.81. The maximum Gasteiger partial charge on any atom is -0.0138 e. The summed E-state index contributed by atoms with van der Waals surface area (Å²) < 4.78 is 0. The van der Waals surface area contributed by atoms with Gasteiger partial charge < -0.3 is 0 Å².